The summed E-state index contributed by atoms with van der Waals surface area (Å²) in [4.78, 5) is 15.3. The van der Waals surface area contributed by atoms with Gasteiger partial charge in [-0.25, -0.2) is 13.5 Å². The Hall–Kier alpha value is -3.09. The average molecular weight is 410 g/mol. The van der Waals surface area contributed by atoms with Crippen molar-refractivity contribution < 1.29 is 13.6 Å². The van der Waals surface area contributed by atoms with Crippen molar-refractivity contribution in [1.82, 2.24) is 19.9 Å². The summed E-state index contributed by atoms with van der Waals surface area (Å²) in [5.41, 5.74) is 3.12. The van der Waals surface area contributed by atoms with E-state index in [2.05, 4.69) is 42.4 Å². The molecule has 1 aliphatic heterocycles. The standard InChI is InChI=1S/C23H24F2N4O/c1-15-6-4-7-17(12-15)14-23(3)10-5-11-28(23)22(30)21-16(2)29(27-26-21)18-8-9-19(24)20(25)13-18/h4,6-9,12-13H,5,10-11,14H2,1-3H3. The van der Waals surface area contributed by atoms with E-state index >= 15 is 0 Å². The molecule has 0 bridgehead atoms. The van der Waals surface area contributed by atoms with E-state index in [1.165, 1.54) is 21.9 Å². The van der Waals surface area contributed by atoms with Crippen molar-refractivity contribution in [2.75, 3.05) is 6.54 Å². The molecule has 0 spiro atoms. The van der Waals surface area contributed by atoms with Gasteiger partial charge in [-0.1, -0.05) is 35.0 Å². The highest BCUT2D eigenvalue weighted by Crippen LogP contribution is 2.34. The minimum Gasteiger partial charge on any atom is -0.331 e. The number of likely N-dealkylation sites (tertiary alicyclic amines) is 1. The molecule has 1 amide bonds. The van der Waals surface area contributed by atoms with Crippen LogP contribution in [0.25, 0.3) is 5.69 Å². The molecule has 156 valence electrons. The minimum absolute atomic E-state index is 0.186. The van der Waals surface area contributed by atoms with Gasteiger partial charge >= 0.3 is 0 Å². The highest BCUT2D eigenvalue weighted by Gasteiger charge is 2.41. The lowest BCUT2D eigenvalue weighted by atomic mass is 9.89. The van der Waals surface area contributed by atoms with E-state index in [-0.39, 0.29) is 17.1 Å². The Kier molecular flexibility index (Phi) is 5.13. The molecule has 0 radical (unpaired) electrons. The molecule has 1 saturated heterocycles. The van der Waals surface area contributed by atoms with Crippen LogP contribution in [0, 0.1) is 25.5 Å². The summed E-state index contributed by atoms with van der Waals surface area (Å²) in [5, 5.41) is 8.10. The van der Waals surface area contributed by atoms with Crippen molar-refractivity contribution in [2.24, 2.45) is 0 Å². The Morgan fingerprint density at radius 2 is 1.93 bits per heavy atom. The second kappa shape index (κ2) is 7.63. The molecular weight excluding hydrogens is 386 g/mol. The predicted molar refractivity (Wildman–Crippen MR) is 110 cm³/mol. The smallest absolute Gasteiger partial charge is 0.276 e. The van der Waals surface area contributed by atoms with Crippen molar-refractivity contribution in [3.8, 4) is 5.69 Å². The monoisotopic (exact) mass is 410 g/mol. The molecule has 1 unspecified atom stereocenters. The van der Waals surface area contributed by atoms with Crippen LogP contribution in [0.4, 0.5) is 8.78 Å². The molecule has 4 rings (SSSR count). The molecule has 1 aromatic heterocycles. The second-order valence-corrected chi connectivity index (χ2v) is 8.26. The van der Waals surface area contributed by atoms with E-state index in [0.717, 1.165) is 31.4 Å². The lowest BCUT2D eigenvalue weighted by molar-refractivity contribution is 0.0617. The number of benzene rings is 2. The number of carbonyl (C=O) groups excluding carboxylic acids is 1. The Morgan fingerprint density at radius 1 is 1.13 bits per heavy atom. The molecule has 0 aliphatic carbocycles. The first-order valence-electron chi connectivity index (χ1n) is 10.0. The van der Waals surface area contributed by atoms with Gasteiger partial charge in [-0.3, -0.25) is 4.79 Å². The third-order valence-electron chi connectivity index (χ3n) is 5.91. The number of aryl methyl sites for hydroxylation is 1. The van der Waals surface area contributed by atoms with E-state index in [0.29, 0.717) is 17.9 Å². The first kappa shape index (κ1) is 20.2. The summed E-state index contributed by atoms with van der Waals surface area (Å²) in [7, 11) is 0. The second-order valence-electron chi connectivity index (χ2n) is 8.26. The molecule has 5 nitrogen and oxygen atoms in total. The lowest BCUT2D eigenvalue weighted by Gasteiger charge is -2.35. The van der Waals surface area contributed by atoms with Crippen molar-refractivity contribution in [1.29, 1.82) is 0 Å². The van der Waals surface area contributed by atoms with E-state index < -0.39 is 11.6 Å². The topological polar surface area (TPSA) is 51.0 Å². The SMILES string of the molecule is Cc1cccc(CC2(C)CCCN2C(=O)c2nnn(-c3ccc(F)c(F)c3)c2C)c1. The van der Waals surface area contributed by atoms with Crippen LogP contribution in [0.2, 0.25) is 0 Å². The van der Waals surface area contributed by atoms with E-state index in [9.17, 15) is 13.6 Å². The molecule has 0 N–H and O–H groups in total. The van der Waals surface area contributed by atoms with Gasteiger partial charge in [0, 0.05) is 18.2 Å². The number of amides is 1. The van der Waals surface area contributed by atoms with Gasteiger partial charge in [0.25, 0.3) is 5.91 Å². The molecule has 30 heavy (non-hydrogen) atoms. The van der Waals surface area contributed by atoms with Crippen LogP contribution in [0.15, 0.2) is 42.5 Å². The number of rotatable bonds is 4. The highest BCUT2D eigenvalue weighted by atomic mass is 19.2. The summed E-state index contributed by atoms with van der Waals surface area (Å²) in [6, 6.07) is 11.8. The lowest BCUT2D eigenvalue weighted by Crippen LogP contribution is -2.47. The van der Waals surface area contributed by atoms with E-state index in [1.807, 2.05) is 11.0 Å². The average Bonchev–Trinajstić information content (AvgIpc) is 3.26. The maximum Gasteiger partial charge on any atom is 0.276 e. The molecule has 1 atom stereocenters. The number of nitrogens with zero attached hydrogens (tertiary/aromatic N) is 4. The van der Waals surface area contributed by atoms with Crippen LogP contribution in [0.5, 0.6) is 0 Å². The van der Waals surface area contributed by atoms with Gasteiger partial charge in [0.05, 0.1) is 11.4 Å². The maximum absolute atomic E-state index is 13.6. The number of halogens is 2. The summed E-state index contributed by atoms with van der Waals surface area (Å²) in [6.07, 6.45) is 2.59. The molecule has 0 saturated carbocycles. The van der Waals surface area contributed by atoms with Crippen molar-refractivity contribution in [3.05, 3.63) is 76.6 Å². The van der Waals surface area contributed by atoms with Gasteiger partial charge in [0.1, 0.15) is 0 Å². The zero-order valence-electron chi connectivity index (χ0n) is 17.3. The summed E-state index contributed by atoms with van der Waals surface area (Å²) >= 11 is 0. The number of aromatic nitrogens is 3. The molecular formula is C23H24F2N4O. The number of hydrogen-bond acceptors (Lipinski definition) is 3. The quantitative estimate of drug-likeness (QED) is 0.641. The minimum atomic E-state index is -0.972. The van der Waals surface area contributed by atoms with Gasteiger partial charge in [0.15, 0.2) is 17.3 Å². The van der Waals surface area contributed by atoms with Crippen LogP contribution in [0.1, 0.15) is 47.1 Å². The van der Waals surface area contributed by atoms with Crippen molar-refractivity contribution >= 4 is 5.91 Å². The molecule has 7 heteroatoms. The van der Waals surface area contributed by atoms with E-state index in [4.69, 9.17) is 0 Å². The Morgan fingerprint density at radius 3 is 2.67 bits per heavy atom. The molecule has 3 aromatic rings. The van der Waals surface area contributed by atoms with Gasteiger partial charge in [-0.05, 0) is 57.7 Å². The zero-order valence-corrected chi connectivity index (χ0v) is 17.3. The van der Waals surface area contributed by atoms with Crippen LogP contribution in [-0.4, -0.2) is 37.9 Å². The van der Waals surface area contributed by atoms with Gasteiger partial charge in [0.2, 0.25) is 0 Å². The summed E-state index contributed by atoms with van der Waals surface area (Å²) in [6.45, 7) is 6.53. The van der Waals surface area contributed by atoms with E-state index in [1.54, 1.807) is 6.92 Å². The van der Waals surface area contributed by atoms with Crippen molar-refractivity contribution in [3.63, 3.8) is 0 Å². The third kappa shape index (κ3) is 3.60. The molecule has 1 aliphatic rings. The zero-order chi connectivity index (χ0) is 21.5. The maximum atomic E-state index is 13.6. The normalized spacial score (nSPS) is 18.8. The Balaban J connectivity index is 1.62. The van der Waals surface area contributed by atoms with Gasteiger partial charge in [-0.2, -0.15) is 0 Å². The fourth-order valence-corrected chi connectivity index (χ4v) is 4.33. The Bertz CT molecular complexity index is 1110. The molecule has 2 heterocycles. The fourth-order valence-electron chi connectivity index (χ4n) is 4.33. The van der Waals surface area contributed by atoms with Crippen LogP contribution in [0.3, 0.4) is 0 Å². The summed E-state index contributed by atoms with van der Waals surface area (Å²) in [5.74, 6) is -2.09. The van der Waals surface area contributed by atoms with Gasteiger partial charge < -0.3 is 4.90 Å². The predicted octanol–water partition coefficient (Wildman–Crippen LogP) is 4.40. The highest BCUT2D eigenvalue weighted by molar-refractivity contribution is 5.94. The first-order chi connectivity index (χ1) is 14.3. The van der Waals surface area contributed by atoms with Crippen LogP contribution in [-0.2, 0) is 6.42 Å². The van der Waals surface area contributed by atoms with Crippen molar-refractivity contribution in [2.45, 2.75) is 45.6 Å². The number of carbonyl (C=O) groups is 1. The third-order valence-corrected chi connectivity index (χ3v) is 5.91. The molecule has 2 aromatic carbocycles. The first-order valence-corrected chi connectivity index (χ1v) is 10.0. The Labute approximate surface area is 174 Å². The molecule has 1 fully saturated rings. The largest absolute Gasteiger partial charge is 0.331 e. The summed E-state index contributed by atoms with van der Waals surface area (Å²) < 4.78 is 28.3. The van der Waals surface area contributed by atoms with Crippen LogP contribution < -0.4 is 0 Å². The van der Waals surface area contributed by atoms with Gasteiger partial charge in [-0.15, -0.1) is 5.10 Å². The van der Waals surface area contributed by atoms with Crippen LogP contribution >= 0.6 is 0 Å². The fraction of sp³-hybridized carbons (Fsp3) is 0.348. The number of hydrogen-bond donors (Lipinski definition) is 0.